The molecule has 0 spiro atoms. The maximum atomic E-state index is 11.7. The molecule has 0 radical (unpaired) electrons. The molecule has 0 atom stereocenters. The van der Waals surface area contributed by atoms with Gasteiger partial charge in [-0.2, -0.15) is 0 Å². The van der Waals surface area contributed by atoms with Crippen molar-refractivity contribution in [3.8, 4) is 0 Å². The van der Waals surface area contributed by atoms with Gasteiger partial charge in [-0.25, -0.2) is 0 Å². The molecule has 80 valence electrons. The fraction of sp³-hybridized carbons (Fsp3) is 0.0769. The van der Waals surface area contributed by atoms with Crippen LogP contribution in [0.2, 0.25) is 0 Å². The lowest BCUT2D eigenvalue weighted by Crippen LogP contribution is -2.08. The molecule has 0 aromatic heterocycles. The summed E-state index contributed by atoms with van der Waals surface area (Å²) in [5.74, 6) is -0.191. The smallest absolute Gasteiger partial charge is 0.293 e. The van der Waals surface area contributed by atoms with Crippen molar-refractivity contribution in [1.29, 1.82) is 0 Å². The van der Waals surface area contributed by atoms with Gasteiger partial charge >= 0.3 is 0 Å². The van der Waals surface area contributed by atoms with Crippen molar-refractivity contribution in [3.63, 3.8) is 0 Å². The van der Waals surface area contributed by atoms with E-state index < -0.39 is 0 Å². The van der Waals surface area contributed by atoms with E-state index in [0.717, 1.165) is 10.8 Å². The number of hydrogen-bond acceptors (Lipinski definition) is 3. The lowest BCUT2D eigenvalue weighted by atomic mass is 10.0. The molecule has 16 heavy (non-hydrogen) atoms. The van der Waals surface area contributed by atoms with E-state index in [1.54, 1.807) is 6.07 Å². The molecule has 0 saturated heterocycles. The van der Waals surface area contributed by atoms with Crippen LogP contribution in [0.4, 0.5) is 0 Å². The molecule has 2 aromatic carbocycles. The predicted octanol–water partition coefficient (Wildman–Crippen LogP) is 2.20. The summed E-state index contributed by atoms with van der Waals surface area (Å²) in [6, 6.07) is 13.1. The van der Waals surface area contributed by atoms with Crippen molar-refractivity contribution < 1.29 is 14.3 Å². The zero-order chi connectivity index (χ0) is 11.4. The Bertz CT molecular complexity index is 526. The van der Waals surface area contributed by atoms with Gasteiger partial charge in [-0.3, -0.25) is 9.59 Å². The number of ketones is 1. The van der Waals surface area contributed by atoms with Gasteiger partial charge in [0.1, 0.15) is 0 Å². The van der Waals surface area contributed by atoms with Gasteiger partial charge in [0.15, 0.2) is 6.61 Å². The van der Waals surface area contributed by atoms with Gasteiger partial charge in [0.25, 0.3) is 6.47 Å². The van der Waals surface area contributed by atoms with E-state index in [2.05, 4.69) is 4.74 Å². The number of benzene rings is 2. The summed E-state index contributed by atoms with van der Waals surface area (Å²) in [6.45, 7) is 0.0700. The highest BCUT2D eigenvalue weighted by atomic mass is 16.5. The maximum Gasteiger partial charge on any atom is 0.293 e. The summed E-state index contributed by atoms with van der Waals surface area (Å²) in [6.07, 6.45) is 0. The number of ether oxygens (including phenoxy) is 1. The normalized spacial score (nSPS) is 10.0. The summed E-state index contributed by atoms with van der Waals surface area (Å²) < 4.78 is 4.47. The molecule has 0 N–H and O–H groups in total. The standard InChI is InChI=1S/C13H10O3/c14-9-16-8-13(15)12-7-3-5-10-4-1-2-6-11(10)12/h1-7,9H,8H2. The van der Waals surface area contributed by atoms with Crippen molar-refractivity contribution in [3.05, 3.63) is 48.0 Å². The summed E-state index contributed by atoms with van der Waals surface area (Å²) in [5.41, 5.74) is 0.583. The quantitative estimate of drug-likeness (QED) is 0.578. The number of Topliss-reactive ketones (excluding diaryl/α,β-unsaturated/α-hetero) is 1. The van der Waals surface area contributed by atoms with Crippen molar-refractivity contribution in [2.75, 3.05) is 6.61 Å². The van der Waals surface area contributed by atoms with Gasteiger partial charge in [-0.15, -0.1) is 0 Å². The van der Waals surface area contributed by atoms with Crippen molar-refractivity contribution in [1.82, 2.24) is 0 Å². The largest absolute Gasteiger partial charge is 0.459 e. The van der Waals surface area contributed by atoms with E-state index in [9.17, 15) is 9.59 Å². The second-order valence-electron chi connectivity index (χ2n) is 3.36. The third-order valence-corrected chi connectivity index (χ3v) is 2.37. The monoisotopic (exact) mass is 214 g/mol. The third kappa shape index (κ3) is 1.93. The molecule has 0 bridgehead atoms. The molecule has 0 amide bonds. The van der Waals surface area contributed by atoms with E-state index in [1.807, 2.05) is 36.4 Å². The SMILES string of the molecule is O=COCC(=O)c1cccc2ccccc12. The van der Waals surface area contributed by atoms with Gasteiger partial charge < -0.3 is 4.74 Å². The Morgan fingerprint density at radius 3 is 2.69 bits per heavy atom. The Balaban J connectivity index is 2.44. The summed E-state index contributed by atoms with van der Waals surface area (Å²) in [5, 5.41) is 1.88. The number of hydrogen-bond donors (Lipinski definition) is 0. The fourth-order valence-electron chi connectivity index (χ4n) is 1.66. The van der Waals surface area contributed by atoms with Gasteiger partial charge in [0.2, 0.25) is 5.78 Å². The van der Waals surface area contributed by atoms with Crippen LogP contribution in [-0.4, -0.2) is 18.9 Å². The highest BCUT2D eigenvalue weighted by molar-refractivity contribution is 6.08. The van der Waals surface area contributed by atoms with Gasteiger partial charge in [-0.05, 0) is 10.8 Å². The van der Waals surface area contributed by atoms with E-state index in [-0.39, 0.29) is 18.9 Å². The summed E-state index contributed by atoms with van der Waals surface area (Å²) in [4.78, 5) is 21.8. The number of carbonyl (C=O) groups is 2. The van der Waals surface area contributed by atoms with Crippen LogP contribution in [0.15, 0.2) is 42.5 Å². The second kappa shape index (κ2) is 4.57. The molecule has 0 aliphatic carbocycles. The van der Waals surface area contributed by atoms with Crippen LogP contribution in [0.5, 0.6) is 0 Å². The Morgan fingerprint density at radius 2 is 1.88 bits per heavy atom. The molecule has 3 heteroatoms. The van der Waals surface area contributed by atoms with Gasteiger partial charge in [0, 0.05) is 5.56 Å². The Labute approximate surface area is 92.6 Å². The highest BCUT2D eigenvalue weighted by Gasteiger charge is 2.09. The molecular formula is C13H10O3. The lowest BCUT2D eigenvalue weighted by molar-refractivity contribution is -0.127. The molecule has 3 nitrogen and oxygen atoms in total. The first kappa shape index (κ1) is 10.4. The second-order valence-corrected chi connectivity index (χ2v) is 3.36. The molecule has 2 aromatic rings. The molecule has 0 aliphatic rings. The van der Waals surface area contributed by atoms with E-state index >= 15 is 0 Å². The van der Waals surface area contributed by atoms with Crippen LogP contribution in [-0.2, 0) is 9.53 Å². The average molecular weight is 214 g/mol. The number of carbonyl (C=O) groups excluding carboxylic acids is 2. The molecule has 0 fully saturated rings. The lowest BCUT2D eigenvalue weighted by Gasteiger charge is -2.04. The van der Waals surface area contributed by atoms with Crippen LogP contribution in [0.1, 0.15) is 10.4 Å². The molecule has 0 unspecified atom stereocenters. The number of rotatable bonds is 4. The third-order valence-electron chi connectivity index (χ3n) is 2.37. The minimum absolute atomic E-state index is 0.191. The van der Waals surface area contributed by atoms with Crippen LogP contribution in [0.25, 0.3) is 10.8 Å². The molecule has 0 heterocycles. The zero-order valence-electron chi connectivity index (χ0n) is 8.55. The Morgan fingerprint density at radius 1 is 1.12 bits per heavy atom. The van der Waals surface area contributed by atoms with E-state index in [1.165, 1.54) is 0 Å². The first-order chi connectivity index (χ1) is 7.83. The zero-order valence-corrected chi connectivity index (χ0v) is 8.55. The Kier molecular flexibility index (Phi) is 2.96. The summed E-state index contributed by atoms with van der Waals surface area (Å²) >= 11 is 0. The summed E-state index contributed by atoms with van der Waals surface area (Å²) in [7, 11) is 0. The molecule has 2 rings (SSSR count). The molecule has 0 aliphatic heterocycles. The van der Waals surface area contributed by atoms with Crippen molar-refractivity contribution in [2.45, 2.75) is 0 Å². The predicted molar refractivity (Wildman–Crippen MR) is 60.3 cm³/mol. The van der Waals surface area contributed by atoms with Crippen LogP contribution in [0, 0.1) is 0 Å². The average Bonchev–Trinajstić information content (AvgIpc) is 2.35. The van der Waals surface area contributed by atoms with Gasteiger partial charge in [-0.1, -0.05) is 42.5 Å². The van der Waals surface area contributed by atoms with Gasteiger partial charge in [0.05, 0.1) is 0 Å². The van der Waals surface area contributed by atoms with Crippen molar-refractivity contribution in [2.24, 2.45) is 0 Å². The van der Waals surface area contributed by atoms with Crippen LogP contribution >= 0.6 is 0 Å². The first-order valence-corrected chi connectivity index (χ1v) is 4.89. The molecular weight excluding hydrogens is 204 g/mol. The molecule has 0 saturated carbocycles. The van der Waals surface area contributed by atoms with Crippen molar-refractivity contribution >= 4 is 23.0 Å². The number of fused-ring (bicyclic) bond motifs is 1. The van der Waals surface area contributed by atoms with E-state index in [0.29, 0.717) is 5.56 Å². The minimum atomic E-state index is -0.211. The fourth-order valence-corrected chi connectivity index (χ4v) is 1.66. The van der Waals surface area contributed by atoms with Crippen LogP contribution in [0.3, 0.4) is 0 Å². The first-order valence-electron chi connectivity index (χ1n) is 4.89. The topological polar surface area (TPSA) is 43.4 Å². The maximum absolute atomic E-state index is 11.7. The Hall–Kier alpha value is -2.16. The minimum Gasteiger partial charge on any atom is -0.459 e. The van der Waals surface area contributed by atoms with Crippen LogP contribution < -0.4 is 0 Å². The highest BCUT2D eigenvalue weighted by Crippen LogP contribution is 2.18. The van der Waals surface area contributed by atoms with E-state index in [4.69, 9.17) is 0 Å².